The molecule has 0 spiro atoms. The van der Waals surface area contributed by atoms with E-state index in [1.807, 2.05) is 0 Å². The number of rotatable bonds is 56. The van der Waals surface area contributed by atoms with Gasteiger partial charge in [0, 0.05) is 6.42 Å². The Morgan fingerprint density at radius 1 is 0.439 bits per heavy atom. The van der Waals surface area contributed by atoms with Crippen LogP contribution in [-0.4, -0.2) is 140 Å². The first-order valence-electron chi connectivity index (χ1n) is 34.2. The number of nitrogens with one attached hydrogen (secondary N) is 1. The minimum Gasteiger partial charge on any atom is -0.394 e. The highest BCUT2D eigenvalue weighted by Gasteiger charge is 2.51. The smallest absolute Gasteiger partial charge is 0.220 e. The molecule has 0 aromatic rings. The Morgan fingerprint density at radius 2 is 0.805 bits per heavy atom. The summed E-state index contributed by atoms with van der Waals surface area (Å²) in [5, 5.41) is 87.4. The van der Waals surface area contributed by atoms with Crippen LogP contribution in [0, 0.1) is 0 Å². The van der Waals surface area contributed by atoms with Crippen molar-refractivity contribution in [1.82, 2.24) is 5.32 Å². The number of hydrogen-bond donors (Lipinski definition) is 9. The third-order valence-corrected chi connectivity index (χ3v) is 16.9. The maximum atomic E-state index is 13.3. The number of aliphatic hydroxyl groups is 8. The molecule has 12 atom stereocenters. The Bertz CT molecular complexity index is 1510. The van der Waals surface area contributed by atoms with Gasteiger partial charge < -0.3 is 65.1 Å². The minimum atomic E-state index is -1.78. The van der Waals surface area contributed by atoms with Crippen molar-refractivity contribution in [3.63, 3.8) is 0 Å². The van der Waals surface area contributed by atoms with Gasteiger partial charge in [0.05, 0.1) is 32.0 Å². The summed E-state index contributed by atoms with van der Waals surface area (Å²) in [4.78, 5) is 13.3. The first-order chi connectivity index (χ1) is 40.1. The van der Waals surface area contributed by atoms with Crippen LogP contribution in [0.4, 0.5) is 0 Å². The van der Waals surface area contributed by atoms with E-state index in [0.717, 1.165) is 64.2 Å². The topological polar surface area (TPSA) is 228 Å². The summed E-state index contributed by atoms with van der Waals surface area (Å²) in [5.41, 5.74) is 0. The maximum Gasteiger partial charge on any atom is 0.220 e. The van der Waals surface area contributed by atoms with Crippen molar-refractivity contribution in [3.05, 3.63) is 36.5 Å². The van der Waals surface area contributed by atoms with Crippen molar-refractivity contribution in [3.8, 4) is 0 Å². The molecular formula is C68H127NO13. The fourth-order valence-corrected chi connectivity index (χ4v) is 11.4. The van der Waals surface area contributed by atoms with Crippen molar-refractivity contribution in [2.24, 2.45) is 0 Å². The summed E-state index contributed by atoms with van der Waals surface area (Å²) in [6, 6.07) is -0.827. The molecule has 0 aromatic carbocycles. The van der Waals surface area contributed by atoms with Crippen LogP contribution in [-0.2, 0) is 23.7 Å². The van der Waals surface area contributed by atoms with E-state index in [9.17, 15) is 45.6 Å². The molecule has 2 aliphatic heterocycles. The van der Waals surface area contributed by atoms with Crippen LogP contribution in [0.15, 0.2) is 36.5 Å². The second kappa shape index (κ2) is 53.4. The van der Waals surface area contributed by atoms with Gasteiger partial charge in [0.15, 0.2) is 12.6 Å². The molecule has 82 heavy (non-hydrogen) atoms. The van der Waals surface area contributed by atoms with Crippen molar-refractivity contribution in [1.29, 1.82) is 0 Å². The molecule has 2 fully saturated rings. The average Bonchev–Trinajstić information content (AvgIpc) is 3.60. The normalized spacial score (nSPS) is 24.1. The second-order valence-corrected chi connectivity index (χ2v) is 24.3. The number of unbranched alkanes of at least 4 members (excludes halogenated alkanes) is 37. The molecule has 0 radical (unpaired) electrons. The Balaban J connectivity index is 1.62. The van der Waals surface area contributed by atoms with E-state index in [4.69, 9.17) is 18.9 Å². The first kappa shape index (κ1) is 76.3. The molecule has 0 aliphatic carbocycles. The van der Waals surface area contributed by atoms with Gasteiger partial charge in [-0.05, 0) is 51.4 Å². The van der Waals surface area contributed by atoms with E-state index in [1.54, 1.807) is 0 Å². The van der Waals surface area contributed by atoms with Gasteiger partial charge in [-0.25, -0.2) is 0 Å². The van der Waals surface area contributed by atoms with Gasteiger partial charge in [-0.1, -0.05) is 275 Å². The molecule has 1 amide bonds. The lowest BCUT2D eigenvalue weighted by molar-refractivity contribution is -0.359. The van der Waals surface area contributed by atoms with Crippen molar-refractivity contribution in [2.75, 3.05) is 19.8 Å². The predicted octanol–water partition coefficient (Wildman–Crippen LogP) is 13.3. The minimum absolute atomic E-state index is 0.203. The largest absolute Gasteiger partial charge is 0.394 e. The van der Waals surface area contributed by atoms with E-state index in [1.165, 1.54) is 205 Å². The van der Waals surface area contributed by atoms with Gasteiger partial charge in [0.2, 0.25) is 5.91 Å². The highest BCUT2D eigenvalue weighted by atomic mass is 16.7. The lowest BCUT2D eigenvalue weighted by Crippen LogP contribution is -2.65. The molecule has 12 unspecified atom stereocenters. The molecule has 0 aromatic heterocycles. The fourth-order valence-electron chi connectivity index (χ4n) is 11.4. The zero-order valence-corrected chi connectivity index (χ0v) is 52.2. The third-order valence-electron chi connectivity index (χ3n) is 16.9. The average molecular weight is 1170 g/mol. The summed E-state index contributed by atoms with van der Waals surface area (Å²) in [7, 11) is 0. The van der Waals surface area contributed by atoms with Crippen LogP contribution >= 0.6 is 0 Å². The molecule has 14 heteroatoms. The van der Waals surface area contributed by atoms with Crippen molar-refractivity contribution >= 4 is 5.91 Å². The predicted molar refractivity (Wildman–Crippen MR) is 332 cm³/mol. The number of ether oxygens (including phenoxy) is 4. The van der Waals surface area contributed by atoms with Gasteiger partial charge >= 0.3 is 0 Å². The molecule has 2 saturated heterocycles. The zero-order chi connectivity index (χ0) is 59.5. The fraction of sp³-hybridized carbons (Fsp3) is 0.897. The number of hydrogen-bond acceptors (Lipinski definition) is 13. The number of amides is 1. The lowest BCUT2D eigenvalue weighted by Gasteiger charge is -2.46. The number of carbonyl (C=O) groups is 1. The first-order valence-corrected chi connectivity index (χ1v) is 34.2. The molecule has 0 saturated carbocycles. The Morgan fingerprint density at radius 3 is 1.23 bits per heavy atom. The second-order valence-electron chi connectivity index (χ2n) is 24.3. The summed E-state index contributed by atoms with van der Waals surface area (Å²) in [5.74, 6) is -0.203. The van der Waals surface area contributed by atoms with Gasteiger partial charge in [0.1, 0.15) is 48.8 Å². The van der Waals surface area contributed by atoms with E-state index in [2.05, 4.69) is 55.6 Å². The quantitative estimate of drug-likeness (QED) is 0.0204. The molecular weight excluding hydrogens is 1040 g/mol. The molecule has 482 valence electrons. The summed E-state index contributed by atoms with van der Waals surface area (Å²) < 4.78 is 22.9. The number of aliphatic hydroxyl groups excluding tert-OH is 8. The Kier molecular flexibility index (Phi) is 49.7. The highest BCUT2D eigenvalue weighted by molar-refractivity contribution is 5.76. The molecule has 2 heterocycles. The van der Waals surface area contributed by atoms with E-state index in [-0.39, 0.29) is 12.5 Å². The summed E-state index contributed by atoms with van der Waals surface area (Å²) in [6.45, 7) is 2.88. The van der Waals surface area contributed by atoms with E-state index >= 15 is 0 Å². The molecule has 2 rings (SSSR count). The van der Waals surface area contributed by atoms with Crippen LogP contribution in [0.5, 0.6) is 0 Å². The summed E-state index contributed by atoms with van der Waals surface area (Å²) in [6.07, 6.45) is 50.2. The number of carbonyl (C=O) groups excluding carboxylic acids is 1. The SMILES string of the molecule is CCCCCCC/C=C\C/C=C\C/C=C\CCCCCCCCCCCCCCCCCCCCC(=O)NC(COC1OC(CO)C(OC2OC(CO)C(O)C(O)C2O)C(O)C1O)C(O)CCCCCCCCCCCCCCCCC. The molecule has 9 N–H and O–H groups in total. The summed E-state index contributed by atoms with van der Waals surface area (Å²) >= 11 is 0. The van der Waals surface area contributed by atoms with E-state index in [0.29, 0.717) is 12.8 Å². The van der Waals surface area contributed by atoms with Crippen molar-refractivity contribution < 1.29 is 64.6 Å². The standard InChI is InChI=1S/C68H127NO13/c1-3-5-7-9-11-13-15-17-19-20-21-22-23-24-25-26-27-28-29-30-31-32-33-34-35-36-38-40-42-44-46-48-50-52-60(73)69-56(57(72)51-49-47-45-43-41-39-37-18-16-14-12-10-8-6-4-2)55-79-67-65(78)63(76)66(59(54-71)81-67)82-68-64(77)62(75)61(74)58(53-70)80-68/h15,17,20-21,23-24,56-59,61-68,70-72,74-78H,3-14,16,18-19,22,25-55H2,1-2H3,(H,69,73)/b17-15-,21-20-,24-23-. The monoisotopic (exact) mass is 1170 g/mol. The van der Waals surface area contributed by atoms with Crippen LogP contribution in [0.1, 0.15) is 296 Å². The van der Waals surface area contributed by atoms with Gasteiger partial charge in [0.25, 0.3) is 0 Å². The van der Waals surface area contributed by atoms with Crippen LogP contribution in [0.25, 0.3) is 0 Å². The zero-order valence-electron chi connectivity index (χ0n) is 52.2. The van der Waals surface area contributed by atoms with Crippen molar-refractivity contribution in [2.45, 2.75) is 370 Å². The van der Waals surface area contributed by atoms with Gasteiger partial charge in [-0.15, -0.1) is 0 Å². The Hall–Kier alpha value is -1.79. The third kappa shape index (κ3) is 37.7. The van der Waals surface area contributed by atoms with Gasteiger partial charge in [-0.3, -0.25) is 4.79 Å². The van der Waals surface area contributed by atoms with Crippen LogP contribution < -0.4 is 5.32 Å². The highest BCUT2D eigenvalue weighted by Crippen LogP contribution is 2.30. The molecule has 14 nitrogen and oxygen atoms in total. The number of allylic oxidation sites excluding steroid dienone is 6. The van der Waals surface area contributed by atoms with Crippen LogP contribution in [0.2, 0.25) is 0 Å². The maximum absolute atomic E-state index is 13.3. The molecule has 0 bridgehead atoms. The molecule has 2 aliphatic rings. The Labute approximate surface area is 500 Å². The lowest BCUT2D eigenvalue weighted by atomic mass is 9.97. The van der Waals surface area contributed by atoms with Gasteiger partial charge in [-0.2, -0.15) is 0 Å². The van der Waals surface area contributed by atoms with E-state index < -0.39 is 86.8 Å². The van der Waals surface area contributed by atoms with Crippen LogP contribution in [0.3, 0.4) is 0 Å².